The molecule has 0 aliphatic rings. The average Bonchev–Trinajstić information content (AvgIpc) is 3.24. The first-order chi connectivity index (χ1) is 16.1. The minimum Gasteiger partial charge on any atom is -0.455 e. The Morgan fingerprint density at radius 1 is 0.848 bits per heavy atom. The summed E-state index contributed by atoms with van der Waals surface area (Å²) >= 11 is 0. The van der Waals surface area contributed by atoms with Crippen molar-refractivity contribution in [1.29, 1.82) is 0 Å². The van der Waals surface area contributed by atoms with Crippen molar-refractivity contribution in [1.82, 2.24) is 0 Å². The number of allylic oxidation sites excluding steroid dienone is 1. The smallest absolute Gasteiger partial charge is 0.142 e. The molecule has 1 N–H and O–H groups in total. The maximum atomic E-state index is 9.84. The molecule has 0 amide bonds. The Balaban J connectivity index is 1.87. The summed E-state index contributed by atoms with van der Waals surface area (Å²) in [5, 5.41) is 10.9. The monoisotopic (exact) mass is 438 g/mol. The van der Waals surface area contributed by atoms with E-state index < -0.39 is 0 Å². The lowest BCUT2D eigenvalue weighted by molar-refractivity contribution is 0.282. The van der Waals surface area contributed by atoms with Gasteiger partial charge in [-0.05, 0) is 77.3 Å². The maximum Gasteiger partial charge on any atom is 0.142 e. The van der Waals surface area contributed by atoms with Crippen LogP contribution in [0.2, 0.25) is 0 Å². The fraction of sp³-hybridized carbons (Fsp3) is 0.290. The van der Waals surface area contributed by atoms with Gasteiger partial charge in [-0.1, -0.05) is 76.2 Å². The van der Waals surface area contributed by atoms with Crippen LogP contribution in [0.1, 0.15) is 67.0 Å². The van der Waals surface area contributed by atoms with Gasteiger partial charge in [-0.25, -0.2) is 0 Å². The number of hydrogen-bond acceptors (Lipinski definition) is 2. The zero-order valence-electron chi connectivity index (χ0n) is 20.1. The van der Waals surface area contributed by atoms with Crippen LogP contribution in [0.15, 0.2) is 71.7 Å². The van der Waals surface area contributed by atoms with E-state index in [0.29, 0.717) is 0 Å². The van der Waals surface area contributed by atoms with Crippen molar-refractivity contribution in [3.8, 4) is 11.3 Å². The Morgan fingerprint density at radius 3 is 2.27 bits per heavy atom. The third-order valence-electron chi connectivity index (χ3n) is 6.48. The van der Waals surface area contributed by atoms with Crippen LogP contribution in [-0.2, 0) is 25.9 Å². The van der Waals surface area contributed by atoms with Crippen LogP contribution in [0.4, 0.5) is 0 Å². The molecule has 4 rings (SSSR count). The summed E-state index contributed by atoms with van der Waals surface area (Å²) < 4.78 is 6.59. The molecule has 1 heterocycles. The van der Waals surface area contributed by atoms with Crippen LogP contribution >= 0.6 is 0 Å². The molecule has 0 unspecified atom stereocenters. The summed E-state index contributed by atoms with van der Waals surface area (Å²) in [6.45, 7) is 11.0. The topological polar surface area (TPSA) is 33.4 Å². The summed E-state index contributed by atoms with van der Waals surface area (Å²) in [5.74, 6) is 0.897. The number of aliphatic hydroxyl groups excluding tert-OH is 1. The maximum absolute atomic E-state index is 9.84. The Kier molecular flexibility index (Phi) is 7.15. The molecule has 2 heteroatoms. The number of rotatable bonds is 9. The van der Waals surface area contributed by atoms with Crippen molar-refractivity contribution in [2.24, 2.45) is 0 Å². The van der Waals surface area contributed by atoms with Crippen LogP contribution in [0.3, 0.4) is 0 Å². The van der Waals surface area contributed by atoms with E-state index in [1.54, 1.807) is 0 Å². The van der Waals surface area contributed by atoms with Gasteiger partial charge < -0.3 is 9.52 Å². The summed E-state index contributed by atoms with van der Waals surface area (Å²) in [5.41, 5.74) is 10.3. The van der Waals surface area contributed by atoms with E-state index in [9.17, 15) is 5.11 Å². The summed E-state index contributed by atoms with van der Waals surface area (Å²) in [7, 11) is 0. The minimum atomic E-state index is 0.0251. The van der Waals surface area contributed by atoms with E-state index >= 15 is 0 Å². The Labute approximate surface area is 197 Å². The largest absolute Gasteiger partial charge is 0.455 e. The van der Waals surface area contributed by atoms with Crippen LogP contribution < -0.4 is 0 Å². The Hall–Kier alpha value is -3.10. The van der Waals surface area contributed by atoms with Crippen LogP contribution in [0, 0.1) is 0 Å². The van der Waals surface area contributed by atoms with Crippen molar-refractivity contribution in [2.45, 2.75) is 59.5 Å². The Bertz CT molecular complexity index is 1260. The van der Waals surface area contributed by atoms with Gasteiger partial charge in [-0.2, -0.15) is 0 Å². The highest BCUT2D eigenvalue weighted by Gasteiger charge is 2.21. The predicted octanol–water partition coefficient (Wildman–Crippen LogP) is 8.12. The second-order valence-corrected chi connectivity index (χ2v) is 8.80. The minimum absolute atomic E-state index is 0.0251. The van der Waals surface area contributed by atoms with Crippen LogP contribution in [-0.4, -0.2) is 5.11 Å². The van der Waals surface area contributed by atoms with Gasteiger partial charge in [0.25, 0.3) is 0 Å². The quantitative estimate of drug-likeness (QED) is 0.286. The average molecular weight is 439 g/mol. The van der Waals surface area contributed by atoms with E-state index in [1.165, 1.54) is 16.7 Å². The first-order valence-corrected chi connectivity index (χ1v) is 12.1. The van der Waals surface area contributed by atoms with Crippen LogP contribution in [0.25, 0.3) is 27.9 Å². The lowest BCUT2D eigenvalue weighted by atomic mass is 9.92. The molecular formula is C31H34O2. The van der Waals surface area contributed by atoms with Gasteiger partial charge in [0.1, 0.15) is 11.3 Å². The zero-order valence-corrected chi connectivity index (χ0v) is 20.1. The van der Waals surface area contributed by atoms with Gasteiger partial charge in [0, 0.05) is 16.5 Å². The van der Waals surface area contributed by atoms with Gasteiger partial charge in [0.15, 0.2) is 0 Å². The number of aryl methyl sites for hydroxylation is 2. The van der Waals surface area contributed by atoms with Crippen molar-refractivity contribution in [2.75, 3.05) is 0 Å². The lowest BCUT2D eigenvalue weighted by Gasteiger charge is -2.12. The summed E-state index contributed by atoms with van der Waals surface area (Å²) in [6.07, 6.45) is 4.70. The first kappa shape index (κ1) is 23.1. The van der Waals surface area contributed by atoms with Crippen molar-refractivity contribution >= 4 is 16.5 Å². The fourth-order valence-corrected chi connectivity index (χ4v) is 4.76. The SMILES string of the molecule is C=C(CCC)c1c(-c2ccc(Cc3ccccc3)c(CC)c2)oc2c(CC)cc(CO)cc12. The Morgan fingerprint density at radius 2 is 1.61 bits per heavy atom. The predicted molar refractivity (Wildman–Crippen MR) is 140 cm³/mol. The molecule has 0 aliphatic carbocycles. The van der Waals surface area contributed by atoms with E-state index in [-0.39, 0.29) is 6.61 Å². The van der Waals surface area contributed by atoms with E-state index in [2.05, 4.69) is 88.0 Å². The van der Waals surface area contributed by atoms with Crippen molar-refractivity contribution < 1.29 is 9.52 Å². The first-order valence-electron chi connectivity index (χ1n) is 12.1. The zero-order chi connectivity index (χ0) is 23.4. The molecule has 170 valence electrons. The summed E-state index contributed by atoms with van der Waals surface area (Å²) in [6, 6.07) is 21.5. The lowest BCUT2D eigenvalue weighted by Crippen LogP contribution is -1.96. The van der Waals surface area contributed by atoms with E-state index in [0.717, 1.165) is 76.7 Å². The second kappa shape index (κ2) is 10.2. The highest BCUT2D eigenvalue weighted by atomic mass is 16.3. The van der Waals surface area contributed by atoms with Gasteiger partial charge >= 0.3 is 0 Å². The molecule has 33 heavy (non-hydrogen) atoms. The number of fused-ring (bicyclic) bond motifs is 1. The number of benzene rings is 3. The van der Waals surface area contributed by atoms with Crippen molar-refractivity contribution in [3.05, 3.63) is 101 Å². The molecule has 0 spiro atoms. The summed E-state index contributed by atoms with van der Waals surface area (Å²) in [4.78, 5) is 0. The highest BCUT2D eigenvalue weighted by molar-refractivity contribution is 5.99. The van der Waals surface area contributed by atoms with E-state index in [4.69, 9.17) is 4.42 Å². The van der Waals surface area contributed by atoms with Gasteiger partial charge in [0.2, 0.25) is 0 Å². The van der Waals surface area contributed by atoms with Gasteiger partial charge in [-0.15, -0.1) is 0 Å². The molecule has 0 fully saturated rings. The van der Waals surface area contributed by atoms with E-state index in [1.807, 2.05) is 0 Å². The van der Waals surface area contributed by atoms with Crippen LogP contribution in [0.5, 0.6) is 0 Å². The van der Waals surface area contributed by atoms with Gasteiger partial charge in [0.05, 0.1) is 6.61 Å². The molecule has 0 saturated carbocycles. The molecule has 0 atom stereocenters. The van der Waals surface area contributed by atoms with Gasteiger partial charge in [-0.3, -0.25) is 0 Å². The molecule has 2 nitrogen and oxygen atoms in total. The normalized spacial score (nSPS) is 11.3. The number of aliphatic hydroxyl groups is 1. The molecule has 0 bridgehead atoms. The molecule has 4 aromatic rings. The molecule has 1 aromatic heterocycles. The molecule has 0 aliphatic heterocycles. The number of furan rings is 1. The third kappa shape index (κ3) is 4.67. The highest BCUT2D eigenvalue weighted by Crippen LogP contribution is 2.41. The molecular weight excluding hydrogens is 404 g/mol. The second-order valence-electron chi connectivity index (χ2n) is 8.80. The standard InChI is InChI=1S/C31H34O2/c1-5-11-21(4)29-28-18-23(20-32)17-25(7-3)30(28)33-31(29)27-15-14-26(24(6-2)19-27)16-22-12-9-8-10-13-22/h8-10,12-15,17-19,32H,4-7,11,16,20H2,1-3H3. The number of hydrogen-bond donors (Lipinski definition) is 1. The molecule has 0 saturated heterocycles. The molecule has 3 aromatic carbocycles. The van der Waals surface area contributed by atoms with Crippen molar-refractivity contribution in [3.63, 3.8) is 0 Å². The fourth-order valence-electron chi connectivity index (χ4n) is 4.76. The third-order valence-corrected chi connectivity index (χ3v) is 6.48. The molecule has 0 radical (unpaired) electrons.